The molecule has 0 saturated heterocycles. The zero-order chi connectivity index (χ0) is 15.5. The Labute approximate surface area is 133 Å². The number of fused-ring (bicyclic) bond motifs is 1. The summed E-state index contributed by atoms with van der Waals surface area (Å²) in [5, 5.41) is 1.09. The summed E-state index contributed by atoms with van der Waals surface area (Å²) in [6.45, 7) is 0. The third-order valence-electron chi connectivity index (χ3n) is 3.64. The molecule has 3 nitrogen and oxygen atoms in total. The molecule has 3 rings (SSSR count). The predicted molar refractivity (Wildman–Crippen MR) is 90.3 cm³/mol. The summed E-state index contributed by atoms with van der Waals surface area (Å²) < 4.78 is 6.85. The van der Waals surface area contributed by atoms with E-state index < -0.39 is 0 Å². The van der Waals surface area contributed by atoms with Crippen LogP contribution in [-0.4, -0.2) is 17.6 Å². The quantitative estimate of drug-likeness (QED) is 0.533. The van der Waals surface area contributed by atoms with Crippen LogP contribution < -0.4 is 0 Å². The molecule has 0 radical (unpaired) electrons. The van der Waals surface area contributed by atoms with Crippen LogP contribution in [-0.2, 0) is 17.5 Å². The second-order valence-electron chi connectivity index (χ2n) is 5.07. The lowest BCUT2D eigenvalue weighted by atomic mass is 10.1. The highest BCUT2D eigenvalue weighted by Gasteiger charge is 2.15. The van der Waals surface area contributed by atoms with Gasteiger partial charge in [0.05, 0.1) is 18.2 Å². The van der Waals surface area contributed by atoms with E-state index in [0.717, 1.165) is 16.7 Å². The Balaban J connectivity index is 1.96. The molecule has 2 aromatic carbocycles. The maximum atomic E-state index is 11.9. The van der Waals surface area contributed by atoms with Crippen LogP contribution in [0.2, 0.25) is 0 Å². The lowest BCUT2D eigenvalue weighted by Gasteiger charge is -2.09. The van der Waals surface area contributed by atoms with Gasteiger partial charge in [-0.1, -0.05) is 30.3 Å². The molecule has 0 spiro atoms. The zero-order valence-electron chi connectivity index (χ0n) is 12.6. The molecule has 0 aliphatic carbocycles. The Kier molecular flexibility index (Phi) is 4.20. The van der Waals surface area contributed by atoms with Gasteiger partial charge in [-0.3, -0.25) is 0 Å². The van der Waals surface area contributed by atoms with Gasteiger partial charge in [0.1, 0.15) is 0 Å². The molecular weight excluding hydrogens is 294 g/mol. The Bertz CT molecular complexity index is 809. The van der Waals surface area contributed by atoms with Crippen molar-refractivity contribution in [2.45, 2.75) is 10.6 Å². The number of methoxy groups -OCH3 is 1. The molecule has 112 valence electrons. The highest BCUT2D eigenvalue weighted by molar-refractivity contribution is 7.98. The maximum Gasteiger partial charge on any atom is 0.340 e. The molecular formula is C18H17NO2S. The molecule has 0 aliphatic rings. The van der Waals surface area contributed by atoms with Crippen LogP contribution in [0.3, 0.4) is 0 Å². The molecule has 0 unspecified atom stereocenters. The summed E-state index contributed by atoms with van der Waals surface area (Å²) in [6.07, 6.45) is 1.98. The van der Waals surface area contributed by atoms with Crippen LogP contribution in [0.5, 0.6) is 0 Å². The molecule has 22 heavy (non-hydrogen) atoms. The SMILES string of the molecule is COC(=O)c1ccc(SCc2ccccc2)c2ccn(C)c12. The van der Waals surface area contributed by atoms with Crippen LogP contribution in [0.1, 0.15) is 15.9 Å². The van der Waals surface area contributed by atoms with Crippen molar-refractivity contribution in [3.05, 3.63) is 65.9 Å². The zero-order valence-corrected chi connectivity index (χ0v) is 13.4. The van der Waals surface area contributed by atoms with E-state index in [0.29, 0.717) is 5.56 Å². The van der Waals surface area contributed by atoms with Crippen molar-refractivity contribution >= 4 is 28.6 Å². The van der Waals surface area contributed by atoms with E-state index in [1.54, 1.807) is 11.8 Å². The molecule has 1 heterocycles. The maximum absolute atomic E-state index is 11.9. The summed E-state index contributed by atoms with van der Waals surface area (Å²) >= 11 is 1.78. The number of hydrogen-bond donors (Lipinski definition) is 0. The van der Waals surface area contributed by atoms with Gasteiger partial charge in [-0.25, -0.2) is 4.79 Å². The lowest BCUT2D eigenvalue weighted by Crippen LogP contribution is -2.04. The predicted octanol–water partition coefficient (Wildman–Crippen LogP) is 4.26. The lowest BCUT2D eigenvalue weighted by molar-refractivity contribution is 0.0602. The van der Waals surface area contributed by atoms with Gasteiger partial charge >= 0.3 is 5.97 Å². The van der Waals surface area contributed by atoms with E-state index in [1.807, 2.05) is 48.1 Å². The van der Waals surface area contributed by atoms with Gasteiger partial charge in [0, 0.05) is 29.3 Å². The molecule has 0 bridgehead atoms. The summed E-state index contributed by atoms with van der Waals surface area (Å²) in [5.74, 6) is 0.606. The third kappa shape index (κ3) is 2.74. The second-order valence-corrected chi connectivity index (χ2v) is 6.08. The molecule has 1 aromatic heterocycles. The highest BCUT2D eigenvalue weighted by Crippen LogP contribution is 2.33. The van der Waals surface area contributed by atoms with Gasteiger partial charge in [-0.15, -0.1) is 11.8 Å². The van der Waals surface area contributed by atoms with Crippen molar-refractivity contribution in [1.29, 1.82) is 0 Å². The van der Waals surface area contributed by atoms with E-state index in [2.05, 4.69) is 18.2 Å². The van der Waals surface area contributed by atoms with Gasteiger partial charge in [0.25, 0.3) is 0 Å². The van der Waals surface area contributed by atoms with Crippen LogP contribution in [0.4, 0.5) is 0 Å². The average Bonchev–Trinajstić information content (AvgIpc) is 2.95. The number of carbonyl (C=O) groups excluding carboxylic acids is 1. The Hall–Kier alpha value is -2.20. The molecule has 0 fully saturated rings. The van der Waals surface area contributed by atoms with Gasteiger partial charge in [-0.05, 0) is 23.8 Å². The molecule has 0 N–H and O–H groups in total. The topological polar surface area (TPSA) is 31.2 Å². The van der Waals surface area contributed by atoms with Crippen molar-refractivity contribution in [3.8, 4) is 0 Å². The number of benzene rings is 2. The largest absolute Gasteiger partial charge is 0.465 e. The van der Waals surface area contributed by atoms with Crippen molar-refractivity contribution in [2.75, 3.05) is 7.11 Å². The first kappa shape index (κ1) is 14.7. The molecule has 0 aliphatic heterocycles. The fourth-order valence-corrected chi connectivity index (χ4v) is 3.53. The molecule has 0 amide bonds. The minimum Gasteiger partial charge on any atom is -0.465 e. The number of aromatic nitrogens is 1. The minimum absolute atomic E-state index is 0.300. The third-order valence-corrected chi connectivity index (χ3v) is 4.78. The summed E-state index contributed by atoms with van der Waals surface area (Å²) in [5.41, 5.74) is 2.81. The molecule has 3 aromatic rings. The number of hydrogen-bond acceptors (Lipinski definition) is 3. The monoisotopic (exact) mass is 311 g/mol. The van der Waals surface area contributed by atoms with Gasteiger partial charge in [-0.2, -0.15) is 0 Å². The summed E-state index contributed by atoms with van der Waals surface area (Å²) in [6, 6.07) is 16.3. The first-order chi connectivity index (χ1) is 10.7. The van der Waals surface area contributed by atoms with Gasteiger partial charge in [0.2, 0.25) is 0 Å². The highest BCUT2D eigenvalue weighted by atomic mass is 32.2. The number of carbonyl (C=O) groups is 1. The van der Waals surface area contributed by atoms with E-state index in [1.165, 1.54) is 17.6 Å². The minimum atomic E-state index is -0.300. The Morgan fingerprint density at radius 2 is 1.91 bits per heavy atom. The fraction of sp³-hybridized carbons (Fsp3) is 0.167. The van der Waals surface area contributed by atoms with E-state index in [9.17, 15) is 4.79 Å². The molecule has 4 heteroatoms. The average molecular weight is 311 g/mol. The Morgan fingerprint density at radius 3 is 2.64 bits per heavy atom. The first-order valence-corrected chi connectivity index (χ1v) is 8.02. The van der Waals surface area contributed by atoms with Crippen LogP contribution in [0.15, 0.2) is 59.6 Å². The van der Waals surface area contributed by atoms with Crippen molar-refractivity contribution in [3.63, 3.8) is 0 Å². The van der Waals surface area contributed by atoms with E-state index in [-0.39, 0.29) is 5.97 Å². The van der Waals surface area contributed by atoms with Crippen LogP contribution >= 0.6 is 11.8 Å². The second kappa shape index (κ2) is 6.28. The summed E-state index contributed by atoms with van der Waals surface area (Å²) in [7, 11) is 3.36. The number of rotatable bonds is 4. The molecule has 0 atom stereocenters. The number of nitrogens with zero attached hydrogens (tertiary/aromatic N) is 1. The van der Waals surface area contributed by atoms with Crippen LogP contribution in [0.25, 0.3) is 10.9 Å². The van der Waals surface area contributed by atoms with Crippen molar-refractivity contribution in [1.82, 2.24) is 4.57 Å². The van der Waals surface area contributed by atoms with E-state index >= 15 is 0 Å². The molecule has 0 saturated carbocycles. The van der Waals surface area contributed by atoms with Crippen molar-refractivity contribution in [2.24, 2.45) is 7.05 Å². The van der Waals surface area contributed by atoms with Crippen molar-refractivity contribution < 1.29 is 9.53 Å². The summed E-state index contributed by atoms with van der Waals surface area (Å²) in [4.78, 5) is 13.1. The smallest absolute Gasteiger partial charge is 0.340 e. The number of ether oxygens (including phenoxy) is 1. The normalized spacial score (nSPS) is 10.8. The first-order valence-electron chi connectivity index (χ1n) is 7.04. The standard InChI is InChI=1S/C18H17NO2S/c1-19-11-10-14-16(22-12-13-6-4-3-5-7-13)9-8-15(17(14)19)18(20)21-2/h3-11H,12H2,1-2H3. The van der Waals surface area contributed by atoms with Crippen LogP contribution in [0, 0.1) is 0 Å². The fourth-order valence-electron chi connectivity index (χ4n) is 2.53. The number of esters is 1. The van der Waals surface area contributed by atoms with Gasteiger partial charge in [0.15, 0.2) is 0 Å². The Morgan fingerprint density at radius 1 is 1.14 bits per heavy atom. The number of aryl methyl sites for hydroxylation is 1. The van der Waals surface area contributed by atoms with E-state index in [4.69, 9.17) is 4.74 Å². The van der Waals surface area contributed by atoms with Gasteiger partial charge < -0.3 is 9.30 Å². The number of thioether (sulfide) groups is 1.